The Morgan fingerprint density at radius 2 is 2.12 bits per heavy atom. The Bertz CT molecular complexity index is 460. The number of benzene rings is 1. The molecule has 0 fully saturated rings. The van der Waals surface area contributed by atoms with E-state index in [1.807, 2.05) is 0 Å². The average molecular weight is 240 g/mol. The summed E-state index contributed by atoms with van der Waals surface area (Å²) in [7, 11) is 1.65. The molecule has 1 heterocycles. The molecule has 1 aromatic rings. The van der Waals surface area contributed by atoms with Gasteiger partial charge in [-0.2, -0.15) is 8.78 Å². The minimum absolute atomic E-state index is 0.0100. The number of halogens is 2. The van der Waals surface area contributed by atoms with Gasteiger partial charge in [-0.15, -0.1) is 0 Å². The SMILES string of the molecule is CN1C(=O)CCc2cc(C(F)(F)CN)ccc21. The van der Waals surface area contributed by atoms with Gasteiger partial charge in [0.1, 0.15) is 0 Å². The number of nitrogens with two attached hydrogens (primary N) is 1. The first-order valence-corrected chi connectivity index (χ1v) is 5.43. The molecule has 1 aromatic carbocycles. The van der Waals surface area contributed by atoms with Crippen molar-refractivity contribution in [3.63, 3.8) is 0 Å². The molecule has 92 valence electrons. The van der Waals surface area contributed by atoms with Gasteiger partial charge in [-0.25, -0.2) is 0 Å². The molecule has 0 saturated carbocycles. The number of anilines is 1. The summed E-state index contributed by atoms with van der Waals surface area (Å²) in [5, 5.41) is 0. The van der Waals surface area contributed by atoms with E-state index in [1.165, 1.54) is 17.0 Å². The summed E-state index contributed by atoms with van der Waals surface area (Å²) in [6, 6.07) is 4.34. The maximum absolute atomic E-state index is 13.4. The van der Waals surface area contributed by atoms with Gasteiger partial charge in [-0.1, -0.05) is 6.07 Å². The smallest absolute Gasteiger partial charge is 0.285 e. The number of nitrogens with zero attached hydrogens (tertiary/aromatic N) is 1. The second kappa shape index (κ2) is 4.07. The van der Waals surface area contributed by atoms with Crippen LogP contribution in [0.5, 0.6) is 0 Å². The minimum atomic E-state index is -3.00. The lowest BCUT2D eigenvalue weighted by Gasteiger charge is -2.27. The van der Waals surface area contributed by atoms with E-state index < -0.39 is 12.5 Å². The number of carbonyl (C=O) groups excluding carboxylic acids is 1. The molecule has 3 nitrogen and oxygen atoms in total. The molecule has 0 bridgehead atoms. The Balaban J connectivity index is 2.42. The van der Waals surface area contributed by atoms with Crippen LogP contribution in [0.4, 0.5) is 14.5 Å². The van der Waals surface area contributed by atoms with Gasteiger partial charge in [0.15, 0.2) is 0 Å². The van der Waals surface area contributed by atoms with E-state index >= 15 is 0 Å². The number of alkyl halides is 2. The van der Waals surface area contributed by atoms with Gasteiger partial charge in [0.05, 0.1) is 6.54 Å². The van der Waals surface area contributed by atoms with Crippen molar-refractivity contribution in [1.29, 1.82) is 0 Å². The number of hydrogen-bond donors (Lipinski definition) is 1. The standard InChI is InChI=1S/C12H14F2N2O/c1-16-10-4-3-9(12(13,14)7-15)6-8(10)2-5-11(16)17/h3-4,6H,2,5,7,15H2,1H3. The highest BCUT2D eigenvalue weighted by molar-refractivity contribution is 5.95. The largest absolute Gasteiger partial charge is 0.325 e. The van der Waals surface area contributed by atoms with Crippen LogP contribution in [0.2, 0.25) is 0 Å². The van der Waals surface area contributed by atoms with E-state index in [9.17, 15) is 13.6 Å². The number of rotatable bonds is 2. The van der Waals surface area contributed by atoms with Crippen LogP contribution in [0, 0.1) is 0 Å². The zero-order valence-electron chi connectivity index (χ0n) is 9.54. The van der Waals surface area contributed by atoms with Crippen LogP contribution in [0.1, 0.15) is 17.5 Å². The fourth-order valence-electron chi connectivity index (χ4n) is 2.00. The number of fused-ring (bicyclic) bond motifs is 1. The third kappa shape index (κ3) is 2.02. The maximum Gasteiger partial charge on any atom is 0.285 e. The van der Waals surface area contributed by atoms with Crippen molar-refractivity contribution in [2.75, 3.05) is 18.5 Å². The summed E-state index contributed by atoms with van der Waals surface area (Å²) in [5.74, 6) is -2.99. The Kier molecular flexibility index (Phi) is 2.87. The number of hydrogen-bond acceptors (Lipinski definition) is 2. The summed E-state index contributed by atoms with van der Waals surface area (Å²) in [6.45, 7) is -0.708. The van der Waals surface area contributed by atoms with Crippen molar-refractivity contribution in [2.45, 2.75) is 18.8 Å². The molecule has 0 unspecified atom stereocenters. The van der Waals surface area contributed by atoms with Crippen LogP contribution in [0.25, 0.3) is 0 Å². The molecule has 1 aliphatic heterocycles. The van der Waals surface area contributed by atoms with Crippen LogP contribution in [0.15, 0.2) is 18.2 Å². The van der Waals surface area contributed by atoms with Crippen LogP contribution < -0.4 is 10.6 Å². The van der Waals surface area contributed by atoms with Crippen LogP contribution in [-0.4, -0.2) is 19.5 Å². The average Bonchev–Trinajstić information content (AvgIpc) is 2.33. The topological polar surface area (TPSA) is 46.3 Å². The summed E-state index contributed by atoms with van der Waals surface area (Å²) in [5.41, 5.74) is 6.45. The van der Waals surface area contributed by atoms with Crippen molar-refractivity contribution in [1.82, 2.24) is 0 Å². The van der Waals surface area contributed by atoms with Gasteiger partial charge < -0.3 is 10.6 Å². The van der Waals surface area contributed by atoms with Gasteiger partial charge in [0, 0.05) is 24.7 Å². The lowest BCUT2D eigenvalue weighted by atomic mass is 9.97. The predicted molar refractivity (Wildman–Crippen MR) is 61.1 cm³/mol. The van der Waals surface area contributed by atoms with Crippen molar-refractivity contribution >= 4 is 11.6 Å². The first-order chi connectivity index (χ1) is 7.95. The quantitative estimate of drug-likeness (QED) is 0.854. The van der Waals surface area contributed by atoms with E-state index in [4.69, 9.17) is 5.73 Å². The van der Waals surface area contributed by atoms with E-state index in [1.54, 1.807) is 13.1 Å². The number of amides is 1. The zero-order valence-corrected chi connectivity index (χ0v) is 9.54. The Labute approximate surface area is 98.2 Å². The molecule has 1 aliphatic rings. The van der Waals surface area contributed by atoms with Crippen molar-refractivity contribution in [3.05, 3.63) is 29.3 Å². The number of aryl methyl sites for hydroxylation is 1. The molecule has 0 radical (unpaired) electrons. The Morgan fingerprint density at radius 3 is 2.76 bits per heavy atom. The fraction of sp³-hybridized carbons (Fsp3) is 0.417. The minimum Gasteiger partial charge on any atom is -0.325 e. The predicted octanol–water partition coefficient (Wildman–Crippen LogP) is 1.65. The first-order valence-electron chi connectivity index (χ1n) is 5.43. The van der Waals surface area contributed by atoms with E-state index in [0.717, 1.165) is 5.56 Å². The normalized spacial score (nSPS) is 16.0. The molecular weight excluding hydrogens is 226 g/mol. The monoisotopic (exact) mass is 240 g/mol. The molecular formula is C12H14F2N2O. The molecule has 0 aromatic heterocycles. The van der Waals surface area contributed by atoms with Gasteiger partial charge in [-0.3, -0.25) is 4.79 Å². The summed E-state index contributed by atoms with van der Waals surface area (Å²) < 4.78 is 26.8. The van der Waals surface area contributed by atoms with Gasteiger partial charge in [0.25, 0.3) is 5.92 Å². The van der Waals surface area contributed by atoms with E-state index in [-0.39, 0.29) is 11.5 Å². The molecule has 0 atom stereocenters. The van der Waals surface area contributed by atoms with Gasteiger partial charge in [0.2, 0.25) is 5.91 Å². The molecule has 5 heteroatoms. The lowest BCUT2D eigenvalue weighted by molar-refractivity contribution is -0.118. The fourth-order valence-corrected chi connectivity index (χ4v) is 2.00. The molecule has 0 saturated heterocycles. The highest BCUT2D eigenvalue weighted by Crippen LogP contribution is 2.33. The van der Waals surface area contributed by atoms with Crippen molar-refractivity contribution < 1.29 is 13.6 Å². The molecule has 1 amide bonds. The Morgan fingerprint density at radius 1 is 1.41 bits per heavy atom. The zero-order chi connectivity index (χ0) is 12.6. The summed E-state index contributed by atoms with van der Waals surface area (Å²) in [4.78, 5) is 13.0. The van der Waals surface area contributed by atoms with Crippen molar-refractivity contribution in [2.24, 2.45) is 5.73 Å². The molecule has 0 aliphatic carbocycles. The third-order valence-corrected chi connectivity index (χ3v) is 3.10. The molecule has 0 spiro atoms. The third-order valence-electron chi connectivity index (χ3n) is 3.10. The maximum atomic E-state index is 13.4. The Hall–Kier alpha value is -1.49. The first kappa shape index (κ1) is 12.0. The molecule has 17 heavy (non-hydrogen) atoms. The highest BCUT2D eigenvalue weighted by atomic mass is 19.3. The van der Waals surface area contributed by atoms with E-state index in [2.05, 4.69) is 0 Å². The second-order valence-electron chi connectivity index (χ2n) is 4.20. The van der Waals surface area contributed by atoms with Crippen LogP contribution in [0.3, 0.4) is 0 Å². The van der Waals surface area contributed by atoms with E-state index in [0.29, 0.717) is 18.5 Å². The second-order valence-corrected chi connectivity index (χ2v) is 4.20. The molecule has 2 rings (SSSR count). The summed E-state index contributed by atoms with van der Waals surface area (Å²) >= 11 is 0. The van der Waals surface area contributed by atoms with Gasteiger partial charge in [-0.05, 0) is 24.1 Å². The van der Waals surface area contributed by atoms with Crippen LogP contribution in [-0.2, 0) is 17.1 Å². The lowest BCUT2D eigenvalue weighted by Crippen LogP contribution is -2.32. The van der Waals surface area contributed by atoms with Crippen molar-refractivity contribution in [3.8, 4) is 0 Å². The molecule has 2 N–H and O–H groups in total. The van der Waals surface area contributed by atoms with Gasteiger partial charge >= 0.3 is 0 Å². The summed E-state index contributed by atoms with van der Waals surface area (Å²) in [6.07, 6.45) is 0.869. The number of carbonyl (C=O) groups is 1. The van der Waals surface area contributed by atoms with Crippen LogP contribution >= 0.6 is 0 Å². The highest BCUT2D eigenvalue weighted by Gasteiger charge is 2.31.